The molecule has 1 fully saturated rings. The lowest BCUT2D eigenvalue weighted by Gasteiger charge is -2.38. The van der Waals surface area contributed by atoms with Crippen LogP contribution >= 0.6 is 0 Å². The Morgan fingerprint density at radius 3 is 2.35 bits per heavy atom. The molecule has 0 aromatic rings. The first-order valence-corrected chi connectivity index (χ1v) is 6.60. The molecule has 1 atom stereocenters. The zero-order valence-electron chi connectivity index (χ0n) is 11.6. The smallest absolute Gasteiger partial charge is 0.238 e. The highest BCUT2D eigenvalue weighted by Gasteiger charge is 2.33. The van der Waals surface area contributed by atoms with Crippen molar-refractivity contribution in [1.82, 2.24) is 10.2 Å². The summed E-state index contributed by atoms with van der Waals surface area (Å²) in [6, 6.07) is 0. The Kier molecular flexibility index (Phi) is 4.95. The van der Waals surface area contributed by atoms with Crippen molar-refractivity contribution in [3.05, 3.63) is 0 Å². The summed E-state index contributed by atoms with van der Waals surface area (Å²) in [6.07, 6.45) is 2.46. The molecule has 1 amide bonds. The second kappa shape index (κ2) is 5.83. The number of nitrogens with zero attached hydrogens (tertiary/aromatic N) is 1. The van der Waals surface area contributed by atoms with E-state index in [2.05, 4.69) is 24.1 Å². The number of nitrogens with two attached hydrogens (primary N) is 1. The molecule has 0 radical (unpaired) electrons. The maximum absolute atomic E-state index is 11.4. The van der Waals surface area contributed by atoms with E-state index in [4.69, 9.17) is 5.73 Å². The first kappa shape index (κ1) is 14.5. The van der Waals surface area contributed by atoms with Crippen LogP contribution in [0.1, 0.15) is 33.6 Å². The highest BCUT2D eigenvalue weighted by atomic mass is 16.1. The molecular weight excluding hydrogens is 214 g/mol. The van der Waals surface area contributed by atoms with E-state index in [1.54, 1.807) is 7.05 Å². The van der Waals surface area contributed by atoms with Crippen molar-refractivity contribution in [3.63, 3.8) is 0 Å². The van der Waals surface area contributed by atoms with Gasteiger partial charge in [0.05, 0.1) is 0 Å². The van der Waals surface area contributed by atoms with Crippen LogP contribution in [-0.2, 0) is 4.79 Å². The zero-order chi connectivity index (χ0) is 13.1. The Labute approximate surface area is 105 Å². The van der Waals surface area contributed by atoms with E-state index >= 15 is 0 Å². The summed E-state index contributed by atoms with van der Waals surface area (Å²) in [6.45, 7) is 9.33. The molecule has 4 heteroatoms. The average molecular weight is 241 g/mol. The first-order chi connectivity index (χ1) is 7.89. The van der Waals surface area contributed by atoms with Crippen LogP contribution < -0.4 is 11.1 Å². The van der Waals surface area contributed by atoms with Crippen LogP contribution in [0.4, 0.5) is 0 Å². The third-order valence-electron chi connectivity index (χ3n) is 4.21. The first-order valence-electron chi connectivity index (χ1n) is 6.60. The number of rotatable bonds is 5. The molecule has 1 aliphatic rings. The van der Waals surface area contributed by atoms with Crippen molar-refractivity contribution >= 4 is 5.91 Å². The molecule has 0 bridgehead atoms. The fourth-order valence-corrected chi connectivity index (χ4v) is 2.51. The van der Waals surface area contributed by atoms with Crippen molar-refractivity contribution in [2.45, 2.75) is 39.2 Å². The molecule has 0 aliphatic carbocycles. The van der Waals surface area contributed by atoms with Gasteiger partial charge in [0, 0.05) is 6.54 Å². The second-order valence-electron chi connectivity index (χ2n) is 5.80. The molecule has 3 N–H and O–H groups in total. The summed E-state index contributed by atoms with van der Waals surface area (Å²) in [5.74, 6) is 1.33. The second-order valence-corrected chi connectivity index (χ2v) is 5.80. The van der Waals surface area contributed by atoms with Gasteiger partial charge in [0.2, 0.25) is 5.91 Å². The molecule has 1 saturated heterocycles. The van der Waals surface area contributed by atoms with Gasteiger partial charge in [-0.2, -0.15) is 0 Å². The Hall–Kier alpha value is -0.610. The monoisotopic (exact) mass is 241 g/mol. The third kappa shape index (κ3) is 3.68. The van der Waals surface area contributed by atoms with Crippen LogP contribution in [0.25, 0.3) is 0 Å². The highest BCUT2D eigenvalue weighted by Crippen LogP contribution is 2.25. The van der Waals surface area contributed by atoms with E-state index in [9.17, 15) is 4.79 Å². The largest absolute Gasteiger partial charge is 0.368 e. The lowest BCUT2D eigenvalue weighted by Crippen LogP contribution is -2.59. The normalized spacial score (nSPS) is 22.6. The number of likely N-dealkylation sites (tertiary alicyclic amines) is 1. The molecule has 1 unspecified atom stereocenters. The fraction of sp³-hybridized carbons (Fsp3) is 0.923. The van der Waals surface area contributed by atoms with Crippen molar-refractivity contribution in [3.8, 4) is 0 Å². The molecule has 1 heterocycles. The Bertz CT molecular complexity index is 259. The number of piperidine rings is 1. The molecule has 0 aromatic heterocycles. The topological polar surface area (TPSA) is 58.4 Å². The van der Waals surface area contributed by atoms with Gasteiger partial charge < -0.3 is 16.0 Å². The Morgan fingerprint density at radius 2 is 2.00 bits per heavy atom. The minimum absolute atomic E-state index is 0.272. The zero-order valence-corrected chi connectivity index (χ0v) is 11.6. The molecular formula is C13H27N3O. The van der Waals surface area contributed by atoms with Crippen molar-refractivity contribution in [1.29, 1.82) is 0 Å². The van der Waals surface area contributed by atoms with Crippen molar-refractivity contribution in [2.24, 2.45) is 17.6 Å². The number of carbonyl (C=O) groups is 1. The van der Waals surface area contributed by atoms with Gasteiger partial charge >= 0.3 is 0 Å². The third-order valence-corrected chi connectivity index (χ3v) is 4.21. The number of likely N-dealkylation sites (N-methyl/N-ethyl adjacent to an activating group) is 1. The predicted octanol–water partition coefficient (Wildman–Crippen LogP) is 0.818. The van der Waals surface area contributed by atoms with Crippen LogP contribution in [0.2, 0.25) is 0 Å². The van der Waals surface area contributed by atoms with E-state index in [1.165, 1.54) is 12.8 Å². The van der Waals surface area contributed by atoms with Crippen LogP contribution in [-0.4, -0.2) is 43.0 Å². The number of amides is 1. The van der Waals surface area contributed by atoms with E-state index in [0.717, 1.165) is 24.9 Å². The van der Waals surface area contributed by atoms with Gasteiger partial charge in [-0.1, -0.05) is 13.8 Å². The summed E-state index contributed by atoms with van der Waals surface area (Å²) in [7, 11) is 1.80. The summed E-state index contributed by atoms with van der Waals surface area (Å²) in [5, 5.41) is 3.04. The van der Waals surface area contributed by atoms with Gasteiger partial charge in [0.15, 0.2) is 0 Å². The van der Waals surface area contributed by atoms with E-state index in [0.29, 0.717) is 6.54 Å². The van der Waals surface area contributed by atoms with Gasteiger partial charge in [0.1, 0.15) is 5.54 Å². The molecule has 4 nitrogen and oxygen atoms in total. The van der Waals surface area contributed by atoms with E-state index in [-0.39, 0.29) is 5.91 Å². The molecule has 0 aromatic carbocycles. The molecule has 1 rings (SSSR count). The number of carbonyl (C=O) groups excluding carboxylic acids is 1. The minimum Gasteiger partial charge on any atom is -0.368 e. The molecule has 17 heavy (non-hydrogen) atoms. The van der Waals surface area contributed by atoms with Crippen molar-refractivity contribution in [2.75, 3.05) is 26.7 Å². The average Bonchev–Trinajstić information content (AvgIpc) is 2.29. The van der Waals surface area contributed by atoms with Crippen molar-refractivity contribution < 1.29 is 4.79 Å². The standard InChI is InChI=1S/C13H27N3O/c1-10(2)11-5-7-16(8-6-11)9-13(3,15-4)12(14)17/h10-11,15H,5-9H2,1-4H3,(H2,14,17). The van der Waals surface area contributed by atoms with Gasteiger partial charge in [-0.25, -0.2) is 0 Å². The number of hydrogen-bond acceptors (Lipinski definition) is 3. The number of nitrogens with one attached hydrogen (secondary N) is 1. The summed E-state index contributed by atoms with van der Waals surface area (Å²) in [5.41, 5.74) is 4.84. The summed E-state index contributed by atoms with van der Waals surface area (Å²) in [4.78, 5) is 13.8. The molecule has 100 valence electrons. The van der Waals surface area contributed by atoms with Crippen LogP contribution in [0.5, 0.6) is 0 Å². The fourth-order valence-electron chi connectivity index (χ4n) is 2.51. The SMILES string of the molecule is CNC(C)(CN1CCC(C(C)C)CC1)C(N)=O. The van der Waals surface area contributed by atoms with Crippen LogP contribution in [0.3, 0.4) is 0 Å². The maximum Gasteiger partial charge on any atom is 0.238 e. The summed E-state index contributed by atoms with van der Waals surface area (Å²) >= 11 is 0. The molecule has 0 saturated carbocycles. The van der Waals surface area contributed by atoms with Gasteiger partial charge in [-0.05, 0) is 51.7 Å². The summed E-state index contributed by atoms with van der Waals surface area (Å²) < 4.78 is 0. The lowest BCUT2D eigenvalue weighted by molar-refractivity contribution is -0.124. The Balaban J connectivity index is 2.47. The van der Waals surface area contributed by atoms with Gasteiger partial charge in [-0.15, -0.1) is 0 Å². The quantitative estimate of drug-likeness (QED) is 0.749. The van der Waals surface area contributed by atoms with Crippen LogP contribution in [0, 0.1) is 11.8 Å². The predicted molar refractivity (Wildman–Crippen MR) is 70.7 cm³/mol. The van der Waals surface area contributed by atoms with Crippen LogP contribution in [0.15, 0.2) is 0 Å². The van der Waals surface area contributed by atoms with Gasteiger partial charge in [-0.3, -0.25) is 4.79 Å². The maximum atomic E-state index is 11.4. The Morgan fingerprint density at radius 1 is 1.47 bits per heavy atom. The van der Waals surface area contributed by atoms with E-state index < -0.39 is 5.54 Å². The van der Waals surface area contributed by atoms with E-state index in [1.807, 2.05) is 6.92 Å². The minimum atomic E-state index is -0.606. The lowest BCUT2D eigenvalue weighted by atomic mass is 9.86. The number of hydrogen-bond donors (Lipinski definition) is 2. The highest BCUT2D eigenvalue weighted by molar-refractivity contribution is 5.84. The molecule has 0 spiro atoms. The molecule has 1 aliphatic heterocycles. The van der Waals surface area contributed by atoms with Gasteiger partial charge in [0.25, 0.3) is 0 Å². The number of primary amides is 1.